The van der Waals surface area contributed by atoms with Crippen molar-refractivity contribution in [3.8, 4) is 5.75 Å². The van der Waals surface area contributed by atoms with Crippen molar-refractivity contribution in [3.63, 3.8) is 0 Å². The van der Waals surface area contributed by atoms with Gasteiger partial charge in [0.2, 0.25) is 0 Å². The van der Waals surface area contributed by atoms with E-state index < -0.39 is 11.9 Å². The first-order chi connectivity index (χ1) is 9.51. The molecule has 5 nitrogen and oxygen atoms in total. The maximum Gasteiger partial charge on any atom is 0.343 e. The Labute approximate surface area is 126 Å². The van der Waals surface area contributed by atoms with E-state index in [2.05, 4.69) is 0 Å². The second-order valence-electron chi connectivity index (χ2n) is 3.63. The van der Waals surface area contributed by atoms with Gasteiger partial charge >= 0.3 is 11.9 Å². The maximum atomic E-state index is 11.9. The molecule has 20 heavy (non-hydrogen) atoms. The average molecular weight is 321 g/mol. The van der Waals surface area contributed by atoms with Gasteiger partial charge in [-0.3, -0.25) is 4.79 Å². The van der Waals surface area contributed by atoms with Gasteiger partial charge in [0.05, 0.1) is 30.2 Å². The van der Waals surface area contributed by atoms with Crippen LogP contribution in [0, 0.1) is 0 Å². The Morgan fingerprint density at radius 2 is 1.80 bits per heavy atom. The summed E-state index contributed by atoms with van der Waals surface area (Å²) in [6.07, 6.45) is -0.0277. The van der Waals surface area contributed by atoms with Crippen molar-refractivity contribution >= 4 is 35.1 Å². The number of carbonyl (C=O) groups is 2. The van der Waals surface area contributed by atoms with Crippen LogP contribution in [-0.2, 0) is 14.3 Å². The molecule has 0 aliphatic carbocycles. The highest BCUT2D eigenvalue weighted by Gasteiger charge is 2.21. The fourth-order valence-electron chi connectivity index (χ4n) is 1.46. The lowest BCUT2D eigenvalue weighted by molar-refractivity contribution is -0.143. The van der Waals surface area contributed by atoms with Gasteiger partial charge in [0.25, 0.3) is 0 Å². The number of hydrogen-bond acceptors (Lipinski definition) is 5. The smallest absolute Gasteiger partial charge is 0.343 e. The Balaban J connectivity index is 2.73. The molecule has 0 fully saturated rings. The standard InChI is InChI=1S/C13H14Cl2O5/c1-3-19-10(16)6-7-20-13(17)11-8(14)4-5-9(15)12(11)18-2/h4-5H,3,6-7H2,1-2H3. The molecule has 0 N–H and O–H groups in total. The molecule has 1 rings (SSSR count). The predicted octanol–water partition coefficient (Wildman–Crippen LogP) is 3.11. The van der Waals surface area contributed by atoms with Crippen molar-refractivity contribution in [2.75, 3.05) is 20.3 Å². The summed E-state index contributed by atoms with van der Waals surface area (Å²) in [7, 11) is 1.37. The van der Waals surface area contributed by atoms with Crippen LogP contribution in [0.3, 0.4) is 0 Å². The third-order valence-electron chi connectivity index (χ3n) is 2.31. The van der Waals surface area contributed by atoms with Gasteiger partial charge in [0.15, 0.2) is 5.75 Å². The van der Waals surface area contributed by atoms with Crippen LogP contribution in [0.25, 0.3) is 0 Å². The van der Waals surface area contributed by atoms with Gasteiger partial charge in [-0.25, -0.2) is 4.79 Å². The fraction of sp³-hybridized carbons (Fsp3) is 0.385. The van der Waals surface area contributed by atoms with Crippen LogP contribution >= 0.6 is 23.2 Å². The zero-order valence-corrected chi connectivity index (χ0v) is 12.6. The summed E-state index contributed by atoms with van der Waals surface area (Å²) in [6.45, 7) is 1.87. The number of esters is 2. The van der Waals surface area contributed by atoms with Crippen molar-refractivity contribution < 1.29 is 23.8 Å². The molecule has 0 aromatic heterocycles. The molecule has 0 radical (unpaired) electrons. The molecule has 0 saturated heterocycles. The van der Waals surface area contributed by atoms with E-state index in [9.17, 15) is 9.59 Å². The number of benzene rings is 1. The Hall–Kier alpha value is -1.46. The molecule has 0 aliphatic heterocycles. The molecule has 0 spiro atoms. The van der Waals surface area contributed by atoms with Crippen molar-refractivity contribution in [3.05, 3.63) is 27.7 Å². The highest BCUT2D eigenvalue weighted by Crippen LogP contribution is 2.34. The SMILES string of the molecule is CCOC(=O)CCOC(=O)c1c(Cl)ccc(Cl)c1OC. The van der Waals surface area contributed by atoms with Gasteiger partial charge in [0.1, 0.15) is 12.2 Å². The van der Waals surface area contributed by atoms with E-state index in [1.165, 1.54) is 19.2 Å². The predicted molar refractivity (Wildman–Crippen MR) is 74.5 cm³/mol. The maximum absolute atomic E-state index is 11.9. The molecule has 0 unspecified atom stereocenters. The van der Waals surface area contributed by atoms with Crippen molar-refractivity contribution in [1.82, 2.24) is 0 Å². The summed E-state index contributed by atoms with van der Waals surface area (Å²) in [5.41, 5.74) is 0.0329. The van der Waals surface area contributed by atoms with Crippen molar-refractivity contribution in [1.29, 1.82) is 0 Å². The van der Waals surface area contributed by atoms with Crippen LogP contribution in [0.4, 0.5) is 0 Å². The molecule has 0 bridgehead atoms. The lowest BCUT2D eigenvalue weighted by Crippen LogP contribution is -2.13. The molecule has 0 saturated carbocycles. The zero-order chi connectivity index (χ0) is 15.1. The Morgan fingerprint density at radius 1 is 1.15 bits per heavy atom. The first-order valence-corrected chi connectivity index (χ1v) is 6.61. The Kier molecular flexibility index (Phi) is 6.61. The van der Waals surface area contributed by atoms with E-state index in [1.807, 2.05) is 0 Å². The molecule has 7 heteroatoms. The quantitative estimate of drug-likeness (QED) is 0.753. The normalized spacial score (nSPS) is 10.0. The minimum Gasteiger partial charge on any atom is -0.494 e. The van der Waals surface area contributed by atoms with Crippen molar-refractivity contribution in [2.24, 2.45) is 0 Å². The molecular weight excluding hydrogens is 307 g/mol. The highest BCUT2D eigenvalue weighted by molar-refractivity contribution is 6.37. The lowest BCUT2D eigenvalue weighted by Gasteiger charge is -2.11. The molecule has 1 aromatic rings. The summed E-state index contributed by atoms with van der Waals surface area (Å²) in [6, 6.07) is 2.98. The average Bonchev–Trinajstić information content (AvgIpc) is 2.41. The van der Waals surface area contributed by atoms with Crippen LogP contribution in [0.1, 0.15) is 23.7 Å². The van der Waals surface area contributed by atoms with E-state index >= 15 is 0 Å². The Morgan fingerprint density at radius 3 is 2.40 bits per heavy atom. The number of carbonyl (C=O) groups excluding carboxylic acids is 2. The minimum absolute atomic E-state index is 0.0277. The molecule has 0 atom stereocenters. The number of ether oxygens (including phenoxy) is 3. The lowest BCUT2D eigenvalue weighted by atomic mass is 10.2. The first-order valence-electron chi connectivity index (χ1n) is 5.86. The van der Waals surface area contributed by atoms with Gasteiger partial charge < -0.3 is 14.2 Å². The van der Waals surface area contributed by atoms with Crippen LogP contribution < -0.4 is 4.74 Å². The highest BCUT2D eigenvalue weighted by atomic mass is 35.5. The van der Waals surface area contributed by atoms with E-state index in [1.54, 1.807) is 6.92 Å². The minimum atomic E-state index is -0.710. The summed E-state index contributed by atoms with van der Waals surface area (Å²) in [5.74, 6) is -1.01. The molecular formula is C13H14Cl2O5. The molecule has 0 amide bonds. The van der Waals surface area contributed by atoms with Crippen LogP contribution in [-0.4, -0.2) is 32.3 Å². The van der Waals surface area contributed by atoms with Crippen molar-refractivity contribution in [2.45, 2.75) is 13.3 Å². The van der Waals surface area contributed by atoms with Crippen LogP contribution in [0.5, 0.6) is 5.75 Å². The Bertz CT molecular complexity index is 502. The van der Waals surface area contributed by atoms with Crippen LogP contribution in [0.15, 0.2) is 12.1 Å². The van der Waals surface area contributed by atoms with E-state index in [0.29, 0.717) is 0 Å². The first kappa shape index (κ1) is 16.6. The monoisotopic (exact) mass is 320 g/mol. The number of rotatable bonds is 6. The number of hydrogen-bond donors (Lipinski definition) is 0. The second kappa shape index (κ2) is 7.97. The molecule has 110 valence electrons. The summed E-state index contributed by atoms with van der Waals surface area (Å²) >= 11 is 11.8. The third-order valence-corrected chi connectivity index (χ3v) is 2.92. The van der Waals surface area contributed by atoms with Gasteiger partial charge in [-0.15, -0.1) is 0 Å². The topological polar surface area (TPSA) is 61.8 Å². The molecule has 0 aliphatic rings. The van der Waals surface area contributed by atoms with Gasteiger partial charge in [-0.05, 0) is 19.1 Å². The van der Waals surface area contributed by atoms with E-state index in [4.69, 9.17) is 37.4 Å². The summed E-state index contributed by atoms with van der Waals surface area (Å²) in [5, 5.41) is 0.404. The molecule has 0 heterocycles. The van der Waals surface area contributed by atoms with Gasteiger partial charge in [0, 0.05) is 0 Å². The second-order valence-corrected chi connectivity index (χ2v) is 4.44. The third kappa shape index (κ3) is 4.28. The van der Waals surface area contributed by atoms with E-state index in [-0.39, 0.29) is 41.0 Å². The number of halogens is 2. The fourth-order valence-corrected chi connectivity index (χ4v) is 1.92. The number of methoxy groups -OCH3 is 1. The van der Waals surface area contributed by atoms with Gasteiger partial charge in [-0.2, -0.15) is 0 Å². The molecule has 1 aromatic carbocycles. The van der Waals surface area contributed by atoms with E-state index in [0.717, 1.165) is 0 Å². The summed E-state index contributed by atoms with van der Waals surface area (Å²) in [4.78, 5) is 23.1. The van der Waals surface area contributed by atoms with Crippen LogP contribution in [0.2, 0.25) is 10.0 Å². The largest absolute Gasteiger partial charge is 0.494 e. The zero-order valence-electron chi connectivity index (χ0n) is 11.1. The van der Waals surface area contributed by atoms with Gasteiger partial charge in [-0.1, -0.05) is 23.2 Å². The summed E-state index contributed by atoms with van der Waals surface area (Å²) < 4.78 is 14.7.